The monoisotopic (exact) mass is 375 g/mol. The molecule has 0 unspecified atom stereocenters. The first kappa shape index (κ1) is 18.4. The number of aryl methyl sites for hydroxylation is 1. The lowest BCUT2D eigenvalue weighted by Gasteiger charge is -2.09. The highest BCUT2D eigenvalue weighted by Crippen LogP contribution is 2.28. The quantitative estimate of drug-likeness (QED) is 0.630. The summed E-state index contributed by atoms with van der Waals surface area (Å²) < 4.78 is 27.6. The average Bonchev–Trinajstić information content (AvgIpc) is 3.00. The number of amides is 1. The predicted molar refractivity (Wildman–Crippen MR) is 99.6 cm³/mol. The van der Waals surface area contributed by atoms with Gasteiger partial charge in [0.1, 0.15) is 0 Å². The van der Waals surface area contributed by atoms with Crippen molar-refractivity contribution in [3.63, 3.8) is 0 Å². The second kappa shape index (κ2) is 8.31. The highest BCUT2D eigenvalue weighted by atomic mass is 32.2. The Morgan fingerprint density at radius 3 is 2.69 bits per heavy atom. The molecule has 1 N–H and O–H groups in total. The average molecular weight is 375 g/mol. The molecular weight excluding hydrogens is 356 g/mol. The molecule has 0 radical (unpaired) electrons. The lowest BCUT2D eigenvalue weighted by Crippen LogP contribution is -2.27. The van der Waals surface area contributed by atoms with E-state index in [0.717, 1.165) is 22.7 Å². The fourth-order valence-corrected chi connectivity index (χ4v) is 3.56. The molecule has 2 aromatic carbocycles. The SMILES string of the molecule is Cc1ccccc1CCNC(=O)CSc1nc2ccccc2n1C(F)F. The van der Waals surface area contributed by atoms with Gasteiger partial charge in [0.2, 0.25) is 5.91 Å². The molecule has 4 nitrogen and oxygen atoms in total. The molecule has 7 heteroatoms. The number of fused-ring (bicyclic) bond motifs is 1. The second-order valence-corrected chi connectivity index (χ2v) is 6.79. The summed E-state index contributed by atoms with van der Waals surface area (Å²) >= 11 is 1.02. The largest absolute Gasteiger partial charge is 0.355 e. The van der Waals surface area contributed by atoms with Gasteiger partial charge in [-0.15, -0.1) is 0 Å². The van der Waals surface area contributed by atoms with E-state index in [1.807, 2.05) is 31.2 Å². The van der Waals surface area contributed by atoms with Crippen molar-refractivity contribution in [1.29, 1.82) is 0 Å². The Morgan fingerprint density at radius 1 is 1.19 bits per heavy atom. The van der Waals surface area contributed by atoms with Crippen LogP contribution in [0.2, 0.25) is 0 Å². The molecule has 3 rings (SSSR count). The summed E-state index contributed by atoms with van der Waals surface area (Å²) in [6.45, 7) is -0.161. The van der Waals surface area contributed by atoms with Crippen molar-refractivity contribution in [2.24, 2.45) is 0 Å². The minimum absolute atomic E-state index is 0.0455. The van der Waals surface area contributed by atoms with Crippen LogP contribution >= 0.6 is 11.8 Å². The Hall–Kier alpha value is -2.41. The normalized spacial score (nSPS) is 11.2. The first-order valence-electron chi connectivity index (χ1n) is 8.25. The van der Waals surface area contributed by atoms with Gasteiger partial charge in [0, 0.05) is 6.54 Å². The van der Waals surface area contributed by atoms with E-state index < -0.39 is 6.55 Å². The first-order chi connectivity index (χ1) is 12.6. The van der Waals surface area contributed by atoms with Crippen LogP contribution in [-0.2, 0) is 11.2 Å². The van der Waals surface area contributed by atoms with E-state index in [9.17, 15) is 13.6 Å². The van der Waals surface area contributed by atoms with Gasteiger partial charge in [-0.05, 0) is 36.6 Å². The molecule has 0 saturated heterocycles. The maximum absolute atomic E-state index is 13.4. The number of alkyl halides is 2. The minimum Gasteiger partial charge on any atom is -0.355 e. The maximum Gasteiger partial charge on any atom is 0.321 e. The number of aromatic nitrogens is 2. The number of imidazole rings is 1. The Morgan fingerprint density at radius 2 is 1.92 bits per heavy atom. The molecule has 1 heterocycles. The molecule has 0 aliphatic carbocycles. The Kier molecular flexibility index (Phi) is 5.88. The van der Waals surface area contributed by atoms with Crippen LogP contribution in [0.4, 0.5) is 8.78 Å². The summed E-state index contributed by atoms with van der Waals surface area (Å²) in [5, 5.41) is 2.98. The number of halogens is 2. The zero-order chi connectivity index (χ0) is 18.5. The van der Waals surface area contributed by atoms with Gasteiger partial charge in [-0.3, -0.25) is 9.36 Å². The summed E-state index contributed by atoms with van der Waals surface area (Å²) in [4.78, 5) is 16.2. The van der Waals surface area contributed by atoms with Crippen LogP contribution in [0.3, 0.4) is 0 Å². The third kappa shape index (κ3) is 4.22. The number of carbonyl (C=O) groups excluding carboxylic acids is 1. The third-order valence-electron chi connectivity index (χ3n) is 4.07. The molecule has 0 bridgehead atoms. The molecule has 0 aliphatic rings. The molecular formula is C19H19F2N3OS. The summed E-state index contributed by atoms with van der Waals surface area (Å²) in [7, 11) is 0. The van der Waals surface area contributed by atoms with Gasteiger partial charge >= 0.3 is 6.55 Å². The van der Waals surface area contributed by atoms with E-state index in [1.165, 1.54) is 11.1 Å². The van der Waals surface area contributed by atoms with E-state index in [1.54, 1.807) is 24.3 Å². The molecule has 1 aromatic heterocycles. The molecule has 0 atom stereocenters. The number of carbonyl (C=O) groups is 1. The van der Waals surface area contributed by atoms with E-state index in [-0.39, 0.29) is 16.8 Å². The molecule has 1 amide bonds. The molecule has 0 aliphatic heterocycles. The van der Waals surface area contributed by atoms with Crippen LogP contribution in [0.25, 0.3) is 11.0 Å². The Labute approximate surface area is 154 Å². The lowest BCUT2D eigenvalue weighted by atomic mass is 10.1. The number of para-hydroxylation sites is 2. The fraction of sp³-hybridized carbons (Fsp3) is 0.263. The highest BCUT2D eigenvalue weighted by molar-refractivity contribution is 7.99. The third-order valence-corrected chi connectivity index (χ3v) is 5.02. The fourth-order valence-electron chi connectivity index (χ4n) is 2.72. The van der Waals surface area contributed by atoms with E-state index in [0.29, 0.717) is 17.6 Å². The summed E-state index contributed by atoms with van der Waals surface area (Å²) in [6.07, 6.45) is 0.735. The van der Waals surface area contributed by atoms with Crippen molar-refractivity contribution in [3.05, 3.63) is 59.7 Å². The van der Waals surface area contributed by atoms with Crippen LogP contribution in [0.1, 0.15) is 17.7 Å². The Bertz CT molecular complexity index is 911. The van der Waals surface area contributed by atoms with Crippen LogP contribution in [0, 0.1) is 6.92 Å². The number of hydrogen-bond donors (Lipinski definition) is 1. The van der Waals surface area contributed by atoms with Crippen molar-refractivity contribution in [2.75, 3.05) is 12.3 Å². The number of rotatable bonds is 7. The van der Waals surface area contributed by atoms with Gasteiger partial charge < -0.3 is 5.32 Å². The van der Waals surface area contributed by atoms with Crippen LogP contribution in [0.5, 0.6) is 0 Å². The van der Waals surface area contributed by atoms with Crippen LogP contribution < -0.4 is 5.32 Å². The number of nitrogens with zero attached hydrogens (tertiary/aromatic N) is 2. The molecule has 3 aromatic rings. The van der Waals surface area contributed by atoms with E-state index >= 15 is 0 Å². The van der Waals surface area contributed by atoms with Gasteiger partial charge in [0.05, 0.1) is 16.8 Å². The van der Waals surface area contributed by atoms with Crippen LogP contribution in [0.15, 0.2) is 53.7 Å². The van der Waals surface area contributed by atoms with Crippen molar-refractivity contribution in [2.45, 2.75) is 25.1 Å². The first-order valence-corrected chi connectivity index (χ1v) is 9.24. The van der Waals surface area contributed by atoms with Crippen molar-refractivity contribution < 1.29 is 13.6 Å². The standard InChI is InChI=1S/C19H19F2N3OS/c1-13-6-2-3-7-14(13)10-11-22-17(25)12-26-19-23-15-8-4-5-9-16(15)24(19)18(20)21/h2-9,18H,10-12H2,1H3,(H,22,25). The molecule has 0 saturated carbocycles. The number of thioether (sulfide) groups is 1. The predicted octanol–water partition coefficient (Wildman–Crippen LogP) is 4.19. The lowest BCUT2D eigenvalue weighted by molar-refractivity contribution is -0.118. The maximum atomic E-state index is 13.4. The molecule has 0 fully saturated rings. The van der Waals surface area contributed by atoms with E-state index in [4.69, 9.17) is 0 Å². The zero-order valence-corrected chi connectivity index (χ0v) is 15.1. The van der Waals surface area contributed by atoms with Crippen LogP contribution in [-0.4, -0.2) is 27.8 Å². The van der Waals surface area contributed by atoms with E-state index in [2.05, 4.69) is 10.3 Å². The second-order valence-electron chi connectivity index (χ2n) is 5.85. The van der Waals surface area contributed by atoms with Gasteiger partial charge in [-0.2, -0.15) is 8.78 Å². The summed E-state index contributed by atoms with van der Waals surface area (Å²) in [5.74, 6) is -0.152. The van der Waals surface area contributed by atoms with Gasteiger partial charge in [-0.1, -0.05) is 48.2 Å². The molecule has 136 valence electrons. The van der Waals surface area contributed by atoms with Gasteiger partial charge in [-0.25, -0.2) is 4.98 Å². The minimum atomic E-state index is -2.70. The topological polar surface area (TPSA) is 46.9 Å². The number of benzene rings is 2. The van der Waals surface area contributed by atoms with Gasteiger partial charge in [0.15, 0.2) is 5.16 Å². The zero-order valence-electron chi connectivity index (χ0n) is 14.3. The molecule has 26 heavy (non-hydrogen) atoms. The Balaban J connectivity index is 1.57. The highest BCUT2D eigenvalue weighted by Gasteiger charge is 2.18. The van der Waals surface area contributed by atoms with Gasteiger partial charge in [0.25, 0.3) is 0 Å². The van der Waals surface area contributed by atoms with Crippen molar-refractivity contribution in [1.82, 2.24) is 14.9 Å². The summed E-state index contributed by atoms with van der Waals surface area (Å²) in [5.41, 5.74) is 3.22. The number of hydrogen-bond acceptors (Lipinski definition) is 3. The summed E-state index contributed by atoms with van der Waals surface area (Å²) in [6, 6.07) is 14.7. The van der Waals surface area contributed by atoms with Crippen molar-refractivity contribution in [3.8, 4) is 0 Å². The number of nitrogens with one attached hydrogen (secondary N) is 1. The van der Waals surface area contributed by atoms with Crippen molar-refractivity contribution >= 4 is 28.7 Å². The molecule has 0 spiro atoms. The smallest absolute Gasteiger partial charge is 0.321 e.